The molecular formula is C9H9F5N2O3S. The summed E-state index contributed by atoms with van der Waals surface area (Å²) in [7, 11) is -2.25. The van der Waals surface area contributed by atoms with E-state index in [9.17, 15) is 30.4 Å². The van der Waals surface area contributed by atoms with Crippen LogP contribution in [0.25, 0.3) is 0 Å². The molecule has 0 saturated carbocycles. The normalized spacial score (nSPS) is 12.6. The minimum absolute atomic E-state index is 0.313. The summed E-state index contributed by atoms with van der Waals surface area (Å²) in [6.07, 6.45) is -5.84. The molecule has 20 heavy (non-hydrogen) atoms. The lowest BCUT2D eigenvalue weighted by Crippen LogP contribution is -2.33. The van der Waals surface area contributed by atoms with Crippen LogP contribution in [-0.4, -0.2) is 21.7 Å². The highest BCUT2D eigenvalue weighted by Gasteiger charge is 2.59. The summed E-state index contributed by atoms with van der Waals surface area (Å²) in [5, 5.41) is 0. The maximum atomic E-state index is 13.2. The maximum absolute atomic E-state index is 13.2. The molecule has 1 aromatic carbocycles. The third-order valence-electron chi connectivity index (χ3n) is 2.25. The number of alkyl halides is 5. The van der Waals surface area contributed by atoms with Gasteiger partial charge in [-0.05, 0) is 12.1 Å². The summed E-state index contributed by atoms with van der Waals surface area (Å²) in [4.78, 5) is 0. The van der Waals surface area contributed by atoms with Crippen LogP contribution in [0.5, 0.6) is 5.75 Å². The van der Waals surface area contributed by atoms with Gasteiger partial charge in [-0.25, -0.2) is 8.42 Å². The van der Waals surface area contributed by atoms with Gasteiger partial charge in [0.2, 0.25) is 10.9 Å². The molecule has 0 saturated heterocycles. The molecule has 0 amide bonds. The molecule has 0 aliphatic heterocycles. The number of nitrogens with one attached hydrogen (secondary N) is 1. The summed E-state index contributed by atoms with van der Waals surface area (Å²) in [5.41, 5.74) is 2.62. The fourth-order valence-corrected chi connectivity index (χ4v) is 1.77. The highest BCUT2D eigenvalue weighted by molar-refractivity contribution is 7.73. The number of nitrogen functional groups attached to an aromatic ring is 1. The summed E-state index contributed by atoms with van der Waals surface area (Å²) in [6, 6.07) is 0.684. The number of ether oxygens (including phenoxy) is 1. The first-order valence-electron chi connectivity index (χ1n) is 4.84. The van der Waals surface area contributed by atoms with Crippen LogP contribution in [-0.2, 0) is 16.8 Å². The van der Waals surface area contributed by atoms with Crippen molar-refractivity contribution in [3.8, 4) is 5.75 Å². The minimum atomic E-state index is -5.84. The molecule has 0 unspecified atom stereocenters. The molecule has 3 N–H and O–H groups in total. The van der Waals surface area contributed by atoms with E-state index in [0.29, 0.717) is 12.1 Å². The number of hydrogen-bond donors (Lipinski definition) is 3. The zero-order valence-corrected chi connectivity index (χ0v) is 10.7. The Labute approximate surface area is 111 Å². The van der Waals surface area contributed by atoms with Crippen LogP contribution in [0.15, 0.2) is 12.1 Å². The second-order valence-corrected chi connectivity index (χ2v) is 4.33. The Morgan fingerprint density at radius 2 is 1.75 bits per heavy atom. The molecule has 1 aromatic rings. The number of thiol groups is 1. The van der Waals surface area contributed by atoms with E-state index in [-0.39, 0.29) is 5.75 Å². The Balaban J connectivity index is 3.49. The molecule has 5 nitrogen and oxygen atoms in total. The maximum Gasteiger partial charge on any atom is 0.458 e. The Morgan fingerprint density at radius 1 is 1.20 bits per heavy atom. The van der Waals surface area contributed by atoms with Crippen LogP contribution >= 0.6 is 0 Å². The van der Waals surface area contributed by atoms with Crippen molar-refractivity contribution in [3.05, 3.63) is 17.7 Å². The van der Waals surface area contributed by atoms with E-state index in [1.54, 1.807) is 4.72 Å². The summed E-state index contributed by atoms with van der Waals surface area (Å²) in [5.74, 6) is -5.54. The Morgan fingerprint density at radius 3 is 2.15 bits per heavy atom. The number of benzene rings is 1. The Bertz CT molecular complexity index is 578. The van der Waals surface area contributed by atoms with Crippen LogP contribution in [0.1, 0.15) is 5.56 Å². The Kier molecular flexibility index (Phi) is 4.32. The molecule has 0 bridgehead atoms. The molecule has 0 atom stereocenters. The fraction of sp³-hybridized carbons (Fsp3) is 0.333. The lowest BCUT2D eigenvalue weighted by Gasteiger charge is -2.22. The highest BCUT2D eigenvalue weighted by atomic mass is 32.2. The Hall–Kier alpha value is -1.78. The first kappa shape index (κ1) is 16.3. The third-order valence-corrected chi connectivity index (χ3v) is 2.68. The number of hydrogen-bond acceptors (Lipinski definition) is 4. The van der Waals surface area contributed by atoms with Crippen molar-refractivity contribution in [2.24, 2.45) is 0 Å². The fourth-order valence-electron chi connectivity index (χ4n) is 1.41. The predicted molar refractivity (Wildman–Crippen MR) is 61.3 cm³/mol. The van der Waals surface area contributed by atoms with Gasteiger partial charge >= 0.3 is 12.1 Å². The molecule has 1 rings (SSSR count). The smallest absolute Gasteiger partial charge is 0.458 e. The quantitative estimate of drug-likeness (QED) is 0.449. The number of methoxy groups -OCH3 is 1. The van der Waals surface area contributed by atoms with E-state index in [0.717, 1.165) is 7.11 Å². The predicted octanol–water partition coefficient (Wildman–Crippen LogP) is 1.87. The summed E-state index contributed by atoms with van der Waals surface area (Å²) < 4.78 is 90.6. The van der Waals surface area contributed by atoms with Crippen molar-refractivity contribution in [2.45, 2.75) is 12.1 Å². The van der Waals surface area contributed by atoms with Gasteiger partial charge in [-0.3, -0.25) is 4.72 Å². The molecular weight excluding hydrogens is 311 g/mol. The van der Waals surface area contributed by atoms with E-state index in [2.05, 4.69) is 4.74 Å². The molecule has 0 aliphatic carbocycles. The molecule has 0 radical (unpaired) electrons. The topological polar surface area (TPSA) is 81.4 Å². The standard InChI is InChI=1S/C9H9F5N2O3S/c1-19-7-5(15)2-4(3-6(7)16-20(17)18)8(10,11)9(12,13)14/h2-3,20H,15H2,1H3,(H,16,17,18). The van der Waals surface area contributed by atoms with Crippen LogP contribution in [0.3, 0.4) is 0 Å². The number of anilines is 2. The largest absolute Gasteiger partial charge is 0.492 e. The van der Waals surface area contributed by atoms with E-state index in [1.165, 1.54) is 0 Å². The molecule has 114 valence electrons. The van der Waals surface area contributed by atoms with Crippen LogP contribution < -0.4 is 15.2 Å². The number of rotatable bonds is 4. The van der Waals surface area contributed by atoms with Gasteiger partial charge in [-0.1, -0.05) is 0 Å². The van der Waals surface area contributed by atoms with Crippen molar-refractivity contribution in [1.29, 1.82) is 0 Å². The van der Waals surface area contributed by atoms with Crippen molar-refractivity contribution in [3.63, 3.8) is 0 Å². The van der Waals surface area contributed by atoms with E-state index in [4.69, 9.17) is 5.73 Å². The second-order valence-electron chi connectivity index (χ2n) is 3.59. The average molecular weight is 320 g/mol. The van der Waals surface area contributed by atoms with Gasteiger partial charge in [0, 0.05) is 5.56 Å². The van der Waals surface area contributed by atoms with Gasteiger partial charge in [-0.15, -0.1) is 0 Å². The van der Waals surface area contributed by atoms with Gasteiger partial charge in [0.05, 0.1) is 18.5 Å². The number of nitrogens with two attached hydrogens (primary N) is 1. The molecule has 0 aliphatic rings. The zero-order valence-electron chi connectivity index (χ0n) is 9.79. The van der Waals surface area contributed by atoms with Crippen molar-refractivity contribution in [2.75, 3.05) is 17.6 Å². The van der Waals surface area contributed by atoms with Crippen molar-refractivity contribution >= 4 is 22.3 Å². The van der Waals surface area contributed by atoms with Gasteiger partial charge in [0.25, 0.3) is 0 Å². The molecule has 0 aromatic heterocycles. The molecule has 0 heterocycles. The SMILES string of the molecule is COc1c(N)cc(C(F)(F)C(F)(F)F)cc1N[SH](=O)=O. The van der Waals surface area contributed by atoms with Gasteiger partial charge < -0.3 is 10.5 Å². The molecule has 0 fully saturated rings. The monoisotopic (exact) mass is 320 g/mol. The van der Waals surface area contributed by atoms with Crippen molar-refractivity contribution < 1.29 is 35.1 Å². The molecule has 0 spiro atoms. The average Bonchev–Trinajstić information content (AvgIpc) is 2.26. The van der Waals surface area contributed by atoms with Crippen molar-refractivity contribution in [1.82, 2.24) is 0 Å². The number of halogens is 5. The first-order chi connectivity index (χ1) is 9.00. The summed E-state index contributed by atoms with van der Waals surface area (Å²) in [6.45, 7) is 0. The highest BCUT2D eigenvalue weighted by Crippen LogP contribution is 2.46. The summed E-state index contributed by atoms with van der Waals surface area (Å²) >= 11 is 0. The lowest BCUT2D eigenvalue weighted by molar-refractivity contribution is -0.289. The van der Waals surface area contributed by atoms with Crippen LogP contribution in [0.4, 0.5) is 33.3 Å². The zero-order chi connectivity index (χ0) is 15.7. The van der Waals surface area contributed by atoms with Crippen LogP contribution in [0, 0.1) is 0 Å². The van der Waals surface area contributed by atoms with E-state index in [1.807, 2.05) is 0 Å². The van der Waals surface area contributed by atoms with E-state index < -0.39 is 39.9 Å². The van der Waals surface area contributed by atoms with Gasteiger partial charge in [-0.2, -0.15) is 22.0 Å². The van der Waals surface area contributed by atoms with E-state index >= 15 is 0 Å². The third kappa shape index (κ3) is 3.03. The second kappa shape index (κ2) is 5.31. The van der Waals surface area contributed by atoms with Gasteiger partial charge in [0.1, 0.15) is 0 Å². The van der Waals surface area contributed by atoms with Crippen LogP contribution in [0.2, 0.25) is 0 Å². The lowest BCUT2D eigenvalue weighted by atomic mass is 10.1. The molecule has 11 heteroatoms. The van der Waals surface area contributed by atoms with Gasteiger partial charge in [0.15, 0.2) is 5.75 Å². The first-order valence-corrected chi connectivity index (χ1v) is 6.02. The minimum Gasteiger partial charge on any atom is -0.492 e.